The highest BCUT2D eigenvalue weighted by atomic mass is 16.4. The van der Waals surface area contributed by atoms with Gasteiger partial charge < -0.3 is 10.4 Å². The molecule has 0 aliphatic heterocycles. The molecule has 0 amide bonds. The fraction of sp³-hybridized carbons (Fsp3) is 0.0526. The standard InChI is InChI=1S/C19H16N2O2/c22-19(23)17-9-8-14(12-21-16-7-4-10-20-13-16)11-18(17)15-5-2-1-3-6-15/h1-11,13,21H,12H2,(H,22,23). The van der Waals surface area contributed by atoms with Crippen LogP contribution in [0.5, 0.6) is 0 Å². The summed E-state index contributed by atoms with van der Waals surface area (Å²) in [5, 5.41) is 12.7. The molecule has 23 heavy (non-hydrogen) atoms. The number of benzene rings is 2. The van der Waals surface area contributed by atoms with Gasteiger partial charge >= 0.3 is 5.97 Å². The molecule has 0 aliphatic carbocycles. The lowest BCUT2D eigenvalue weighted by Gasteiger charge is -2.11. The average Bonchev–Trinajstić information content (AvgIpc) is 2.61. The first-order valence-electron chi connectivity index (χ1n) is 7.29. The minimum Gasteiger partial charge on any atom is -0.478 e. The predicted molar refractivity (Wildman–Crippen MR) is 90.4 cm³/mol. The van der Waals surface area contributed by atoms with Crippen LogP contribution in [-0.4, -0.2) is 16.1 Å². The fourth-order valence-electron chi connectivity index (χ4n) is 2.42. The summed E-state index contributed by atoms with van der Waals surface area (Å²) < 4.78 is 0. The van der Waals surface area contributed by atoms with Gasteiger partial charge in [-0.05, 0) is 41.0 Å². The van der Waals surface area contributed by atoms with E-state index in [-0.39, 0.29) is 0 Å². The highest BCUT2D eigenvalue weighted by Gasteiger charge is 2.12. The van der Waals surface area contributed by atoms with Crippen LogP contribution in [0.3, 0.4) is 0 Å². The second-order valence-electron chi connectivity index (χ2n) is 5.15. The summed E-state index contributed by atoms with van der Waals surface area (Å²) in [6.07, 6.45) is 3.48. The van der Waals surface area contributed by atoms with Gasteiger partial charge in [0.25, 0.3) is 0 Å². The Morgan fingerprint density at radius 1 is 1.04 bits per heavy atom. The molecule has 2 N–H and O–H groups in total. The monoisotopic (exact) mass is 304 g/mol. The molecule has 0 fully saturated rings. The van der Waals surface area contributed by atoms with Gasteiger partial charge in [-0.3, -0.25) is 4.98 Å². The van der Waals surface area contributed by atoms with Crippen LogP contribution in [0.25, 0.3) is 11.1 Å². The molecule has 0 spiro atoms. The SMILES string of the molecule is O=C(O)c1ccc(CNc2cccnc2)cc1-c1ccccc1. The van der Waals surface area contributed by atoms with Crippen LogP contribution in [0.4, 0.5) is 5.69 Å². The molecule has 3 rings (SSSR count). The van der Waals surface area contributed by atoms with Crippen molar-refractivity contribution in [2.45, 2.75) is 6.54 Å². The molecule has 0 radical (unpaired) electrons. The number of pyridine rings is 1. The molecule has 1 aromatic heterocycles. The van der Waals surface area contributed by atoms with Crippen molar-refractivity contribution < 1.29 is 9.90 Å². The maximum Gasteiger partial charge on any atom is 0.336 e. The maximum atomic E-state index is 11.5. The average molecular weight is 304 g/mol. The van der Waals surface area contributed by atoms with Gasteiger partial charge in [0.15, 0.2) is 0 Å². The molecule has 0 atom stereocenters. The zero-order valence-corrected chi connectivity index (χ0v) is 12.4. The summed E-state index contributed by atoms with van der Waals surface area (Å²) in [5.41, 5.74) is 3.87. The van der Waals surface area contributed by atoms with Gasteiger partial charge in [0.2, 0.25) is 0 Å². The van der Waals surface area contributed by atoms with E-state index in [0.29, 0.717) is 12.1 Å². The predicted octanol–water partition coefficient (Wildman–Crippen LogP) is 4.06. The molecule has 3 aromatic rings. The molecule has 114 valence electrons. The lowest BCUT2D eigenvalue weighted by Crippen LogP contribution is -2.03. The van der Waals surface area contributed by atoms with Crippen LogP contribution in [-0.2, 0) is 6.54 Å². The zero-order chi connectivity index (χ0) is 16.1. The molecule has 0 aliphatic rings. The van der Waals surface area contributed by atoms with Gasteiger partial charge in [-0.15, -0.1) is 0 Å². The van der Waals surface area contributed by atoms with Gasteiger partial charge in [0.1, 0.15) is 0 Å². The van der Waals surface area contributed by atoms with Crippen molar-refractivity contribution in [1.82, 2.24) is 4.98 Å². The van der Waals surface area contributed by atoms with E-state index < -0.39 is 5.97 Å². The number of nitrogens with zero attached hydrogens (tertiary/aromatic N) is 1. The first-order chi connectivity index (χ1) is 11.2. The lowest BCUT2D eigenvalue weighted by molar-refractivity contribution is 0.0697. The van der Waals surface area contributed by atoms with E-state index in [4.69, 9.17) is 0 Å². The molecule has 0 saturated heterocycles. The Balaban J connectivity index is 1.90. The third-order valence-corrected chi connectivity index (χ3v) is 3.56. The minimum atomic E-state index is -0.921. The van der Waals surface area contributed by atoms with E-state index in [9.17, 15) is 9.90 Å². The van der Waals surface area contributed by atoms with Crippen molar-refractivity contribution in [3.05, 3.63) is 84.2 Å². The van der Waals surface area contributed by atoms with E-state index in [2.05, 4.69) is 10.3 Å². The molecule has 0 unspecified atom stereocenters. The topological polar surface area (TPSA) is 62.2 Å². The number of rotatable bonds is 5. The van der Waals surface area contributed by atoms with E-state index in [1.54, 1.807) is 18.5 Å². The second-order valence-corrected chi connectivity index (χ2v) is 5.15. The Morgan fingerprint density at radius 3 is 2.57 bits per heavy atom. The molecule has 0 bridgehead atoms. The van der Waals surface area contributed by atoms with Crippen LogP contribution < -0.4 is 5.32 Å². The third kappa shape index (κ3) is 3.55. The van der Waals surface area contributed by atoms with Gasteiger partial charge in [0.05, 0.1) is 11.3 Å². The summed E-state index contributed by atoms with van der Waals surface area (Å²) in [4.78, 5) is 15.5. The first kappa shape index (κ1) is 14.8. The zero-order valence-electron chi connectivity index (χ0n) is 12.4. The number of carboxylic acids is 1. The Morgan fingerprint density at radius 2 is 1.87 bits per heavy atom. The van der Waals surface area contributed by atoms with Gasteiger partial charge in [0, 0.05) is 18.9 Å². The summed E-state index contributed by atoms with van der Waals surface area (Å²) in [7, 11) is 0. The minimum absolute atomic E-state index is 0.307. The fourth-order valence-corrected chi connectivity index (χ4v) is 2.42. The van der Waals surface area contributed by atoms with Gasteiger partial charge in [-0.2, -0.15) is 0 Å². The Kier molecular flexibility index (Phi) is 4.34. The largest absolute Gasteiger partial charge is 0.478 e. The highest BCUT2D eigenvalue weighted by Crippen LogP contribution is 2.25. The van der Waals surface area contributed by atoms with Crippen LogP contribution in [0.15, 0.2) is 73.1 Å². The number of carbonyl (C=O) groups is 1. The van der Waals surface area contributed by atoms with Crippen molar-refractivity contribution in [1.29, 1.82) is 0 Å². The number of carboxylic acid groups (broad SMARTS) is 1. The first-order valence-corrected chi connectivity index (χ1v) is 7.29. The second kappa shape index (κ2) is 6.75. The summed E-state index contributed by atoms with van der Waals surface area (Å²) >= 11 is 0. The summed E-state index contributed by atoms with van der Waals surface area (Å²) in [6.45, 7) is 0.603. The molecule has 1 heterocycles. The van der Waals surface area contributed by atoms with Crippen molar-refractivity contribution in [2.24, 2.45) is 0 Å². The van der Waals surface area contributed by atoms with E-state index in [0.717, 1.165) is 22.4 Å². The van der Waals surface area contributed by atoms with Gasteiger partial charge in [-0.1, -0.05) is 36.4 Å². The van der Waals surface area contributed by atoms with E-state index >= 15 is 0 Å². The number of hydrogen-bond acceptors (Lipinski definition) is 3. The normalized spacial score (nSPS) is 10.3. The summed E-state index contributed by atoms with van der Waals surface area (Å²) in [5.74, 6) is -0.921. The van der Waals surface area contributed by atoms with Gasteiger partial charge in [-0.25, -0.2) is 4.79 Å². The maximum absolute atomic E-state index is 11.5. The number of aromatic nitrogens is 1. The Bertz CT molecular complexity index is 802. The van der Waals surface area contributed by atoms with Crippen molar-refractivity contribution in [2.75, 3.05) is 5.32 Å². The summed E-state index contributed by atoms with van der Waals surface area (Å²) in [6, 6.07) is 18.8. The highest BCUT2D eigenvalue weighted by molar-refractivity contribution is 5.96. The van der Waals surface area contributed by atoms with Crippen LogP contribution in [0.1, 0.15) is 15.9 Å². The van der Waals surface area contributed by atoms with E-state index in [1.807, 2.05) is 54.6 Å². The molecule has 2 aromatic carbocycles. The molecule has 0 saturated carbocycles. The number of hydrogen-bond donors (Lipinski definition) is 2. The van der Waals surface area contributed by atoms with Crippen molar-refractivity contribution in [3.63, 3.8) is 0 Å². The smallest absolute Gasteiger partial charge is 0.336 e. The lowest BCUT2D eigenvalue weighted by atomic mass is 9.97. The Hall–Kier alpha value is -3.14. The number of anilines is 1. The number of aromatic carboxylic acids is 1. The van der Waals surface area contributed by atoms with Crippen LogP contribution in [0.2, 0.25) is 0 Å². The van der Waals surface area contributed by atoms with Crippen LogP contribution in [0, 0.1) is 0 Å². The van der Waals surface area contributed by atoms with Crippen LogP contribution >= 0.6 is 0 Å². The third-order valence-electron chi connectivity index (χ3n) is 3.56. The van der Waals surface area contributed by atoms with E-state index in [1.165, 1.54) is 0 Å². The number of nitrogens with one attached hydrogen (secondary N) is 1. The van der Waals surface area contributed by atoms with Crippen molar-refractivity contribution >= 4 is 11.7 Å². The molecule has 4 heteroatoms. The quantitative estimate of drug-likeness (QED) is 0.746. The Labute approximate surface area is 134 Å². The molecule has 4 nitrogen and oxygen atoms in total. The van der Waals surface area contributed by atoms with Crippen molar-refractivity contribution in [3.8, 4) is 11.1 Å². The molecular weight excluding hydrogens is 288 g/mol. The molecular formula is C19H16N2O2.